The zero-order valence-corrected chi connectivity index (χ0v) is 19.5. The Balaban J connectivity index is 1.86. The summed E-state index contributed by atoms with van der Waals surface area (Å²) in [5, 5.41) is 10.5. The van der Waals surface area contributed by atoms with Crippen LogP contribution in [-0.2, 0) is 20.0 Å². The van der Waals surface area contributed by atoms with Crippen LogP contribution in [0, 0.1) is 13.8 Å². The molecule has 0 atom stereocenters. The highest BCUT2D eigenvalue weighted by molar-refractivity contribution is 7.93. The monoisotopic (exact) mass is 482 g/mol. The lowest BCUT2D eigenvalue weighted by Crippen LogP contribution is -2.17. The molecule has 0 aliphatic rings. The second-order valence-corrected chi connectivity index (χ2v) is 11.1. The Kier molecular flexibility index (Phi) is 5.77. The number of phenolic OH excluding ortho intramolecular Hbond substituents is 1. The fraction of sp³-hybridized carbons (Fsp3) is 0.0833. The van der Waals surface area contributed by atoms with Gasteiger partial charge in [0.2, 0.25) is 0 Å². The molecule has 0 spiro atoms. The number of rotatable bonds is 6. The molecule has 0 amide bonds. The molecule has 0 saturated carbocycles. The van der Waals surface area contributed by atoms with Crippen LogP contribution in [0.15, 0.2) is 88.7 Å². The Morgan fingerprint density at radius 1 is 0.667 bits per heavy atom. The van der Waals surface area contributed by atoms with Crippen molar-refractivity contribution in [1.29, 1.82) is 0 Å². The molecule has 4 aromatic carbocycles. The summed E-state index contributed by atoms with van der Waals surface area (Å²) >= 11 is 0. The Bertz CT molecular complexity index is 1580. The van der Waals surface area contributed by atoms with E-state index in [0.29, 0.717) is 16.8 Å². The summed E-state index contributed by atoms with van der Waals surface area (Å²) in [7, 11) is -8.29. The minimum atomic E-state index is -4.19. The molecule has 0 radical (unpaired) electrons. The Labute approximate surface area is 192 Å². The number of aromatic hydroxyl groups is 1. The lowest BCUT2D eigenvalue weighted by Gasteiger charge is -2.15. The van der Waals surface area contributed by atoms with Crippen molar-refractivity contribution in [3.8, 4) is 5.75 Å². The first kappa shape index (κ1) is 22.6. The van der Waals surface area contributed by atoms with E-state index < -0.39 is 20.0 Å². The molecule has 0 saturated heterocycles. The van der Waals surface area contributed by atoms with E-state index in [2.05, 4.69) is 9.44 Å². The summed E-state index contributed by atoms with van der Waals surface area (Å²) in [5.74, 6) is -0.136. The van der Waals surface area contributed by atoms with Crippen LogP contribution >= 0.6 is 0 Å². The van der Waals surface area contributed by atoms with Crippen molar-refractivity contribution in [2.24, 2.45) is 0 Å². The summed E-state index contributed by atoms with van der Waals surface area (Å²) in [6.07, 6.45) is 0. The molecule has 4 aromatic rings. The zero-order valence-electron chi connectivity index (χ0n) is 17.9. The molecule has 0 bridgehead atoms. The highest BCUT2D eigenvalue weighted by Gasteiger charge is 2.24. The molecule has 0 aromatic heterocycles. The fourth-order valence-corrected chi connectivity index (χ4v) is 5.98. The molecule has 7 nitrogen and oxygen atoms in total. The number of phenols is 1. The van der Waals surface area contributed by atoms with Crippen molar-refractivity contribution in [1.82, 2.24) is 0 Å². The van der Waals surface area contributed by atoms with Gasteiger partial charge in [-0.15, -0.1) is 0 Å². The Morgan fingerprint density at radius 2 is 1.24 bits per heavy atom. The van der Waals surface area contributed by atoms with Gasteiger partial charge in [0.05, 0.1) is 9.79 Å². The molecule has 0 aliphatic carbocycles. The van der Waals surface area contributed by atoms with Crippen LogP contribution in [0.3, 0.4) is 0 Å². The molecule has 3 N–H and O–H groups in total. The maximum atomic E-state index is 13.3. The Hall–Kier alpha value is -3.56. The third-order valence-electron chi connectivity index (χ3n) is 5.01. The number of sulfonamides is 2. The van der Waals surface area contributed by atoms with Crippen LogP contribution < -0.4 is 9.44 Å². The molecule has 33 heavy (non-hydrogen) atoms. The van der Waals surface area contributed by atoms with Gasteiger partial charge in [0, 0.05) is 16.8 Å². The van der Waals surface area contributed by atoms with Gasteiger partial charge in [0.15, 0.2) is 0 Å². The molecule has 0 aliphatic heterocycles. The standard InChI is InChI=1S/C24H22N2O5S2/c1-16-5-3-7-19(11-16)25-32(28,29)22-13-18-9-10-21(27)14-23(18)24(15-22)33(30,31)26-20-8-4-6-17(2)12-20/h3-15,25-27H,1-2H3. The first-order valence-corrected chi connectivity index (χ1v) is 13.0. The van der Waals surface area contributed by atoms with E-state index in [1.54, 1.807) is 36.4 Å². The average molecular weight is 483 g/mol. The van der Waals surface area contributed by atoms with Gasteiger partial charge in [0.25, 0.3) is 20.0 Å². The van der Waals surface area contributed by atoms with Crippen molar-refractivity contribution in [3.05, 3.63) is 90.0 Å². The second kappa shape index (κ2) is 8.42. The normalized spacial score (nSPS) is 11.9. The fourth-order valence-electron chi connectivity index (χ4n) is 3.50. The van der Waals surface area contributed by atoms with Crippen LogP contribution in [-0.4, -0.2) is 21.9 Å². The summed E-state index contributed by atoms with van der Waals surface area (Å²) < 4.78 is 57.9. The molecule has 0 fully saturated rings. The van der Waals surface area contributed by atoms with Crippen molar-refractivity contribution in [2.75, 3.05) is 9.44 Å². The lowest BCUT2D eigenvalue weighted by atomic mass is 10.1. The van der Waals surface area contributed by atoms with Crippen molar-refractivity contribution < 1.29 is 21.9 Å². The second-order valence-electron chi connectivity index (χ2n) is 7.78. The van der Waals surface area contributed by atoms with Gasteiger partial charge >= 0.3 is 0 Å². The summed E-state index contributed by atoms with van der Waals surface area (Å²) in [4.78, 5) is -0.478. The van der Waals surface area contributed by atoms with Gasteiger partial charge in [-0.25, -0.2) is 16.8 Å². The number of hydrogen-bond donors (Lipinski definition) is 3. The molecule has 0 unspecified atom stereocenters. The van der Waals surface area contributed by atoms with Gasteiger partial charge in [-0.05, 0) is 78.9 Å². The molecular weight excluding hydrogens is 460 g/mol. The zero-order chi connectivity index (χ0) is 23.8. The topological polar surface area (TPSA) is 113 Å². The average Bonchev–Trinajstić information content (AvgIpc) is 2.72. The Morgan fingerprint density at radius 3 is 1.82 bits per heavy atom. The first-order chi connectivity index (χ1) is 15.5. The largest absolute Gasteiger partial charge is 0.508 e. The van der Waals surface area contributed by atoms with E-state index in [-0.39, 0.29) is 20.9 Å². The van der Waals surface area contributed by atoms with Crippen LogP contribution in [0.4, 0.5) is 11.4 Å². The predicted octanol–water partition coefficient (Wildman–Crippen LogP) is 4.76. The van der Waals surface area contributed by atoms with Crippen LogP contribution in [0.2, 0.25) is 0 Å². The molecule has 9 heteroatoms. The van der Waals surface area contributed by atoms with Gasteiger partial charge < -0.3 is 5.11 Å². The van der Waals surface area contributed by atoms with Gasteiger partial charge in [0.1, 0.15) is 5.75 Å². The molecular formula is C24H22N2O5S2. The third-order valence-corrected chi connectivity index (χ3v) is 7.80. The predicted molar refractivity (Wildman–Crippen MR) is 130 cm³/mol. The maximum Gasteiger partial charge on any atom is 0.262 e. The van der Waals surface area contributed by atoms with Gasteiger partial charge in [-0.2, -0.15) is 0 Å². The molecule has 0 heterocycles. The van der Waals surface area contributed by atoms with Crippen LogP contribution in [0.25, 0.3) is 10.8 Å². The van der Waals surface area contributed by atoms with Crippen LogP contribution in [0.1, 0.15) is 11.1 Å². The molecule has 170 valence electrons. The van der Waals surface area contributed by atoms with E-state index in [4.69, 9.17) is 0 Å². The minimum Gasteiger partial charge on any atom is -0.508 e. The van der Waals surface area contributed by atoms with Crippen molar-refractivity contribution in [2.45, 2.75) is 23.6 Å². The number of hydrogen-bond acceptors (Lipinski definition) is 5. The smallest absolute Gasteiger partial charge is 0.262 e. The van der Waals surface area contributed by atoms with Crippen LogP contribution in [0.5, 0.6) is 5.75 Å². The number of fused-ring (bicyclic) bond motifs is 1. The van der Waals surface area contributed by atoms with Gasteiger partial charge in [-0.3, -0.25) is 9.44 Å². The lowest BCUT2D eigenvalue weighted by molar-refractivity contribution is 0.476. The highest BCUT2D eigenvalue weighted by atomic mass is 32.2. The molecule has 4 rings (SSSR count). The van der Waals surface area contributed by atoms with Crippen molar-refractivity contribution >= 4 is 42.2 Å². The van der Waals surface area contributed by atoms with Crippen molar-refractivity contribution in [3.63, 3.8) is 0 Å². The quantitative estimate of drug-likeness (QED) is 0.367. The van der Waals surface area contributed by atoms with E-state index >= 15 is 0 Å². The first-order valence-electron chi connectivity index (χ1n) is 9.99. The van der Waals surface area contributed by atoms with E-state index in [1.807, 2.05) is 26.0 Å². The van der Waals surface area contributed by atoms with E-state index in [9.17, 15) is 21.9 Å². The maximum absolute atomic E-state index is 13.3. The number of benzene rings is 4. The third kappa shape index (κ3) is 4.94. The number of nitrogens with one attached hydrogen (secondary N) is 2. The highest BCUT2D eigenvalue weighted by Crippen LogP contribution is 2.32. The van der Waals surface area contributed by atoms with E-state index in [0.717, 1.165) is 17.2 Å². The van der Waals surface area contributed by atoms with Gasteiger partial charge in [-0.1, -0.05) is 30.3 Å². The summed E-state index contributed by atoms with van der Waals surface area (Å²) in [6, 6.07) is 20.3. The minimum absolute atomic E-state index is 0.136. The van der Waals surface area contributed by atoms with E-state index in [1.165, 1.54) is 24.3 Å². The number of aryl methyl sites for hydroxylation is 2. The summed E-state index contributed by atoms with van der Waals surface area (Å²) in [6.45, 7) is 3.66. The SMILES string of the molecule is Cc1cccc(NS(=O)(=O)c2cc(S(=O)(=O)Nc3cccc(C)c3)c3cc(O)ccc3c2)c1. The number of anilines is 2. The summed E-state index contributed by atoms with van der Waals surface area (Å²) in [5.41, 5.74) is 2.43.